The van der Waals surface area contributed by atoms with Crippen molar-refractivity contribution in [1.82, 2.24) is 5.32 Å². The molecule has 0 atom stereocenters. The zero-order chi connectivity index (χ0) is 13.8. The summed E-state index contributed by atoms with van der Waals surface area (Å²) in [5, 5.41) is 4.14. The van der Waals surface area contributed by atoms with Gasteiger partial charge in [-0.2, -0.15) is 0 Å². The fourth-order valence-electron chi connectivity index (χ4n) is 2.09. The molecule has 0 saturated carbocycles. The van der Waals surface area contributed by atoms with Gasteiger partial charge < -0.3 is 5.32 Å². The Morgan fingerprint density at radius 1 is 1.11 bits per heavy atom. The molecule has 0 aromatic heterocycles. The van der Waals surface area contributed by atoms with Gasteiger partial charge in [0.05, 0.1) is 0 Å². The molecule has 0 bridgehead atoms. The molecule has 0 unspecified atom stereocenters. The van der Waals surface area contributed by atoms with Crippen molar-refractivity contribution in [3.05, 3.63) is 33.8 Å². The summed E-state index contributed by atoms with van der Waals surface area (Å²) in [6, 6.07) is 4.33. The average Bonchev–Trinajstić information content (AvgIpc) is 2.30. The number of benzene rings is 1. The minimum Gasteiger partial charge on any atom is -0.320 e. The van der Waals surface area contributed by atoms with Gasteiger partial charge in [0.1, 0.15) is 0 Å². The van der Waals surface area contributed by atoms with Gasteiger partial charge in [-0.05, 0) is 74.9 Å². The van der Waals surface area contributed by atoms with Gasteiger partial charge in [0.15, 0.2) is 0 Å². The molecule has 0 radical (unpaired) electrons. The maximum absolute atomic E-state index is 6.32. The standard InChI is InChI=1S/C16H26ClN/c1-12-10-14(15(17)11-13(12)2)6-7-16(3,4)8-9-18-5/h10-11,18H,6-9H2,1-5H3. The van der Waals surface area contributed by atoms with Crippen molar-refractivity contribution in [2.24, 2.45) is 5.41 Å². The van der Waals surface area contributed by atoms with Gasteiger partial charge in [-0.15, -0.1) is 0 Å². The number of rotatable bonds is 6. The summed E-state index contributed by atoms with van der Waals surface area (Å²) in [5.74, 6) is 0. The smallest absolute Gasteiger partial charge is 0.0440 e. The Kier molecular flexibility index (Phi) is 5.68. The molecule has 0 aliphatic heterocycles. The summed E-state index contributed by atoms with van der Waals surface area (Å²) in [5.41, 5.74) is 4.27. The Labute approximate surface area is 117 Å². The molecule has 2 heteroatoms. The van der Waals surface area contributed by atoms with E-state index in [2.05, 4.69) is 45.1 Å². The number of hydrogen-bond donors (Lipinski definition) is 1. The summed E-state index contributed by atoms with van der Waals surface area (Å²) in [7, 11) is 2.01. The van der Waals surface area contributed by atoms with E-state index in [0.717, 1.165) is 18.0 Å². The topological polar surface area (TPSA) is 12.0 Å². The first-order chi connectivity index (χ1) is 8.35. The summed E-state index contributed by atoms with van der Waals surface area (Å²) >= 11 is 6.32. The van der Waals surface area contributed by atoms with Crippen LogP contribution in [0.2, 0.25) is 5.02 Å². The van der Waals surface area contributed by atoms with Crippen LogP contribution in [0, 0.1) is 19.3 Å². The minimum atomic E-state index is 0.366. The Hall–Kier alpha value is -0.530. The van der Waals surface area contributed by atoms with Crippen LogP contribution in [0.25, 0.3) is 0 Å². The highest BCUT2D eigenvalue weighted by atomic mass is 35.5. The second kappa shape index (κ2) is 6.58. The van der Waals surface area contributed by atoms with E-state index in [9.17, 15) is 0 Å². The van der Waals surface area contributed by atoms with Crippen molar-refractivity contribution in [1.29, 1.82) is 0 Å². The summed E-state index contributed by atoms with van der Waals surface area (Å²) in [4.78, 5) is 0. The second-order valence-corrected chi connectivity index (χ2v) is 6.45. The molecule has 0 aliphatic rings. The quantitative estimate of drug-likeness (QED) is 0.799. The number of aryl methyl sites for hydroxylation is 3. The maximum Gasteiger partial charge on any atom is 0.0440 e. The van der Waals surface area contributed by atoms with Crippen molar-refractivity contribution in [3.63, 3.8) is 0 Å². The predicted molar refractivity (Wildman–Crippen MR) is 81.6 cm³/mol. The monoisotopic (exact) mass is 267 g/mol. The Morgan fingerprint density at radius 3 is 2.33 bits per heavy atom. The molecule has 0 aliphatic carbocycles. The molecule has 102 valence electrons. The van der Waals surface area contributed by atoms with Crippen LogP contribution >= 0.6 is 11.6 Å². The Morgan fingerprint density at radius 2 is 1.72 bits per heavy atom. The van der Waals surface area contributed by atoms with Gasteiger partial charge >= 0.3 is 0 Å². The van der Waals surface area contributed by atoms with Crippen LogP contribution in [0.5, 0.6) is 0 Å². The molecule has 1 nitrogen and oxygen atoms in total. The van der Waals surface area contributed by atoms with Crippen molar-refractivity contribution in [2.45, 2.75) is 47.0 Å². The minimum absolute atomic E-state index is 0.366. The zero-order valence-corrected chi connectivity index (χ0v) is 13.1. The molecule has 0 saturated heterocycles. The zero-order valence-electron chi connectivity index (χ0n) is 12.4. The van der Waals surface area contributed by atoms with E-state index in [-0.39, 0.29) is 0 Å². The van der Waals surface area contributed by atoms with E-state index in [1.165, 1.54) is 29.5 Å². The van der Waals surface area contributed by atoms with E-state index in [0.29, 0.717) is 5.41 Å². The summed E-state index contributed by atoms with van der Waals surface area (Å²) in [6.07, 6.45) is 3.44. The van der Waals surface area contributed by atoms with Gasteiger partial charge in [0, 0.05) is 5.02 Å². The second-order valence-electron chi connectivity index (χ2n) is 6.05. The van der Waals surface area contributed by atoms with Crippen molar-refractivity contribution in [3.8, 4) is 0 Å². The molecular formula is C16H26ClN. The molecule has 0 heterocycles. The summed E-state index contributed by atoms with van der Waals surface area (Å²) in [6.45, 7) is 10.0. The molecule has 0 fully saturated rings. The fourth-order valence-corrected chi connectivity index (χ4v) is 2.41. The van der Waals surface area contributed by atoms with Gasteiger partial charge in [-0.3, -0.25) is 0 Å². The van der Waals surface area contributed by atoms with E-state index < -0.39 is 0 Å². The number of nitrogens with one attached hydrogen (secondary N) is 1. The van der Waals surface area contributed by atoms with Crippen LogP contribution in [0.15, 0.2) is 12.1 Å². The first kappa shape index (κ1) is 15.5. The molecular weight excluding hydrogens is 242 g/mol. The first-order valence-electron chi connectivity index (χ1n) is 6.76. The number of hydrogen-bond acceptors (Lipinski definition) is 1. The fraction of sp³-hybridized carbons (Fsp3) is 0.625. The normalized spacial score (nSPS) is 11.9. The molecule has 1 N–H and O–H groups in total. The maximum atomic E-state index is 6.32. The van der Waals surface area contributed by atoms with Crippen LogP contribution in [-0.2, 0) is 6.42 Å². The van der Waals surface area contributed by atoms with E-state index in [4.69, 9.17) is 11.6 Å². The van der Waals surface area contributed by atoms with Crippen LogP contribution in [0.1, 0.15) is 43.4 Å². The van der Waals surface area contributed by atoms with E-state index in [1.807, 2.05) is 7.05 Å². The van der Waals surface area contributed by atoms with Crippen molar-refractivity contribution < 1.29 is 0 Å². The third-order valence-electron chi connectivity index (χ3n) is 3.79. The third kappa shape index (κ3) is 4.62. The molecule has 1 aromatic carbocycles. The lowest BCUT2D eigenvalue weighted by atomic mass is 9.83. The lowest BCUT2D eigenvalue weighted by Gasteiger charge is -2.25. The third-order valence-corrected chi connectivity index (χ3v) is 4.14. The molecule has 0 amide bonds. The molecule has 18 heavy (non-hydrogen) atoms. The van der Waals surface area contributed by atoms with Crippen LogP contribution in [0.4, 0.5) is 0 Å². The average molecular weight is 268 g/mol. The van der Waals surface area contributed by atoms with Crippen molar-refractivity contribution >= 4 is 11.6 Å². The van der Waals surface area contributed by atoms with Gasteiger partial charge in [-0.1, -0.05) is 31.5 Å². The summed E-state index contributed by atoms with van der Waals surface area (Å²) < 4.78 is 0. The molecule has 0 spiro atoms. The lowest BCUT2D eigenvalue weighted by Crippen LogP contribution is -2.20. The van der Waals surface area contributed by atoms with Gasteiger partial charge in [0.25, 0.3) is 0 Å². The lowest BCUT2D eigenvalue weighted by molar-refractivity contribution is 0.305. The highest BCUT2D eigenvalue weighted by Gasteiger charge is 2.17. The van der Waals surface area contributed by atoms with E-state index >= 15 is 0 Å². The molecule has 1 rings (SSSR count). The van der Waals surface area contributed by atoms with Crippen LogP contribution < -0.4 is 5.32 Å². The highest BCUT2D eigenvalue weighted by Crippen LogP contribution is 2.29. The van der Waals surface area contributed by atoms with Gasteiger partial charge in [0.2, 0.25) is 0 Å². The Bertz CT molecular complexity index is 396. The highest BCUT2D eigenvalue weighted by molar-refractivity contribution is 6.31. The van der Waals surface area contributed by atoms with Crippen molar-refractivity contribution in [2.75, 3.05) is 13.6 Å². The van der Waals surface area contributed by atoms with Gasteiger partial charge in [-0.25, -0.2) is 0 Å². The van der Waals surface area contributed by atoms with Crippen LogP contribution in [-0.4, -0.2) is 13.6 Å². The van der Waals surface area contributed by atoms with E-state index in [1.54, 1.807) is 0 Å². The first-order valence-corrected chi connectivity index (χ1v) is 7.14. The number of halogens is 1. The largest absolute Gasteiger partial charge is 0.320 e. The predicted octanol–water partition coefficient (Wildman–Crippen LogP) is 4.53. The SMILES string of the molecule is CNCCC(C)(C)CCc1cc(C)c(C)cc1Cl. The Balaban J connectivity index is 2.66. The molecule has 1 aromatic rings. The van der Waals surface area contributed by atoms with Crippen LogP contribution in [0.3, 0.4) is 0 Å².